The topological polar surface area (TPSA) is 54.3 Å². The van der Waals surface area contributed by atoms with Crippen LogP contribution in [0.5, 0.6) is 0 Å². The summed E-state index contributed by atoms with van der Waals surface area (Å²) in [5.41, 5.74) is 1.76. The molecule has 3 rings (SSSR count). The Morgan fingerprint density at radius 1 is 1.25 bits per heavy atom. The Bertz CT molecular complexity index is 624. The van der Waals surface area contributed by atoms with Crippen molar-refractivity contribution in [1.82, 2.24) is 9.88 Å². The first-order chi connectivity index (χ1) is 9.65. The van der Waals surface area contributed by atoms with E-state index in [2.05, 4.69) is 5.32 Å². The van der Waals surface area contributed by atoms with Crippen LogP contribution in [0, 0.1) is 0 Å². The Morgan fingerprint density at radius 3 is 2.65 bits per heavy atom. The van der Waals surface area contributed by atoms with Gasteiger partial charge in [-0.15, -0.1) is 0 Å². The number of aryl methyl sites for hydroxylation is 1. The van der Waals surface area contributed by atoms with E-state index in [1.165, 1.54) is 0 Å². The fraction of sp³-hybridized carbons (Fsp3) is 0.438. The molecule has 1 aliphatic carbocycles. The first kappa shape index (κ1) is 13.2. The molecule has 1 fully saturated rings. The zero-order valence-electron chi connectivity index (χ0n) is 11.7. The highest BCUT2D eigenvalue weighted by Gasteiger charge is 2.22. The molecule has 0 unspecified atom stereocenters. The summed E-state index contributed by atoms with van der Waals surface area (Å²) in [4.78, 5) is 12.4. The molecule has 4 nitrogen and oxygen atoms in total. The largest absolute Gasteiger partial charge is 0.393 e. The summed E-state index contributed by atoms with van der Waals surface area (Å²) in [6, 6.07) is 10.1. The number of para-hydroxylation sites is 1. The molecule has 1 saturated carbocycles. The summed E-state index contributed by atoms with van der Waals surface area (Å²) in [5, 5.41) is 13.7. The van der Waals surface area contributed by atoms with E-state index < -0.39 is 0 Å². The highest BCUT2D eigenvalue weighted by Crippen LogP contribution is 2.21. The Morgan fingerprint density at radius 2 is 1.95 bits per heavy atom. The van der Waals surface area contributed by atoms with Crippen LogP contribution in [0.1, 0.15) is 36.2 Å². The van der Waals surface area contributed by atoms with Crippen molar-refractivity contribution in [3.05, 3.63) is 36.0 Å². The van der Waals surface area contributed by atoms with Crippen LogP contribution in [0.25, 0.3) is 10.9 Å². The number of rotatable bonds is 2. The smallest absolute Gasteiger partial charge is 0.268 e. The Labute approximate surface area is 118 Å². The maximum absolute atomic E-state index is 12.4. The molecule has 0 spiro atoms. The lowest BCUT2D eigenvalue weighted by Gasteiger charge is -2.26. The molecule has 0 atom stereocenters. The number of hydrogen-bond donors (Lipinski definition) is 2. The lowest BCUT2D eigenvalue weighted by atomic mass is 9.93. The molecule has 106 valence electrons. The molecule has 2 N–H and O–H groups in total. The van der Waals surface area contributed by atoms with Gasteiger partial charge >= 0.3 is 0 Å². The number of carbonyl (C=O) groups is 1. The van der Waals surface area contributed by atoms with Gasteiger partial charge in [0.2, 0.25) is 0 Å². The molecule has 1 aromatic carbocycles. The number of benzene rings is 1. The van der Waals surface area contributed by atoms with Crippen molar-refractivity contribution in [3.63, 3.8) is 0 Å². The van der Waals surface area contributed by atoms with Crippen LogP contribution in [0.2, 0.25) is 0 Å². The number of nitrogens with zero attached hydrogens (tertiary/aromatic N) is 1. The molecule has 1 aliphatic rings. The SMILES string of the molecule is Cn1c(C(=O)NC2CCC(O)CC2)cc2ccccc21. The summed E-state index contributed by atoms with van der Waals surface area (Å²) in [6.45, 7) is 0. The standard InChI is InChI=1S/C16H20N2O2/c1-18-14-5-3-2-4-11(14)10-15(18)16(20)17-12-6-8-13(19)9-7-12/h2-5,10,12-13,19H,6-9H2,1H3,(H,17,20). The summed E-state index contributed by atoms with van der Waals surface area (Å²) in [6.07, 6.45) is 3.08. The van der Waals surface area contributed by atoms with Crippen molar-refractivity contribution in [2.45, 2.75) is 37.8 Å². The summed E-state index contributed by atoms with van der Waals surface area (Å²) in [5.74, 6) is -0.0231. The first-order valence-electron chi connectivity index (χ1n) is 7.18. The van der Waals surface area contributed by atoms with E-state index in [0.717, 1.165) is 36.6 Å². The first-order valence-corrected chi connectivity index (χ1v) is 7.18. The van der Waals surface area contributed by atoms with Crippen LogP contribution in [0.3, 0.4) is 0 Å². The van der Waals surface area contributed by atoms with Crippen molar-refractivity contribution in [1.29, 1.82) is 0 Å². The monoisotopic (exact) mass is 272 g/mol. The fourth-order valence-electron chi connectivity index (χ4n) is 2.99. The van der Waals surface area contributed by atoms with Crippen LogP contribution in [0.4, 0.5) is 0 Å². The zero-order chi connectivity index (χ0) is 14.1. The number of aliphatic hydroxyl groups is 1. The predicted octanol–water partition coefficient (Wildman–Crippen LogP) is 2.21. The summed E-state index contributed by atoms with van der Waals surface area (Å²) in [7, 11) is 1.92. The van der Waals surface area contributed by atoms with Crippen molar-refractivity contribution in [2.24, 2.45) is 7.05 Å². The number of hydrogen-bond acceptors (Lipinski definition) is 2. The molecule has 0 saturated heterocycles. The molecule has 0 bridgehead atoms. The molecule has 1 amide bonds. The number of carbonyl (C=O) groups excluding carboxylic acids is 1. The predicted molar refractivity (Wildman–Crippen MR) is 78.6 cm³/mol. The van der Waals surface area contributed by atoms with E-state index in [0.29, 0.717) is 5.69 Å². The normalized spacial score (nSPS) is 22.9. The number of aliphatic hydroxyl groups excluding tert-OH is 1. The van der Waals surface area contributed by atoms with Crippen LogP contribution >= 0.6 is 0 Å². The minimum Gasteiger partial charge on any atom is -0.393 e. The quantitative estimate of drug-likeness (QED) is 0.880. The minimum atomic E-state index is -0.194. The van der Waals surface area contributed by atoms with Crippen molar-refractivity contribution >= 4 is 16.8 Å². The number of fused-ring (bicyclic) bond motifs is 1. The number of nitrogens with one attached hydrogen (secondary N) is 1. The van der Waals surface area contributed by atoms with E-state index in [9.17, 15) is 9.90 Å². The maximum atomic E-state index is 12.4. The van der Waals surface area contributed by atoms with Gasteiger partial charge in [-0.1, -0.05) is 18.2 Å². The van der Waals surface area contributed by atoms with E-state index in [1.807, 2.05) is 41.9 Å². The van der Waals surface area contributed by atoms with Gasteiger partial charge in [-0.25, -0.2) is 0 Å². The molecular weight excluding hydrogens is 252 g/mol. The third kappa shape index (κ3) is 2.43. The Hall–Kier alpha value is -1.81. The molecule has 1 heterocycles. The van der Waals surface area contributed by atoms with Crippen molar-refractivity contribution < 1.29 is 9.90 Å². The molecule has 1 aromatic heterocycles. The maximum Gasteiger partial charge on any atom is 0.268 e. The van der Waals surface area contributed by atoms with Gasteiger partial charge in [0.15, 0.2) is 0 Å². The van der Waals surface area contributed by atoms with Crippen LogP contribution in [-0.4, -0.2) is 27.7 Å². The highest BCUT2D eigenvalue weighted by molar-refractivity contribution is 5.98. The molecule has 20 heavy (non-hydrogen) atoms. The average Bonchev–Trinajstić information content (AvgIpc) is 2.79. The van der Waals surface area contributed by atoms with Crippen LogP contribution < -0.4 is 5.32 Å². The number of amides is 1. The van der Waals surface area contributed by atoms with Gasteiger partial charge in [-0.05, 0) is 37.8 Å². The lowest BCUT2D eigenvalue weighted by Crippen LogP contribution is -2.39. The van der Waals surface area contributed by atoms with Gasteiger partial charge in [-0.3, -0.25) is 4.79 Å². The minimum absolute atomic E-state index is 0.0231. The Balaban J connectivity index is 1.77. The van der Waals surface area contributed by atoms with E-state index >= 15 is 0 Å². The molecule has 4 heteroatoms. The number of aromatic nitrogens is 1. The highest BCUT2D eigenvalue weighted by atomic mass is 16.3. The molecular formula is C16H20N2O2. The van der Waals surface area contributed by atoms with Gasteiger partial charge in [0, 0.05) is 24.0 Å². The Kier molecular flexibility index (Phi) is 3.49. The van der Waals surface area contributed by atoms with Gasteiger partial charge in [0.25, 0.3) is 5.91 Å². The second-order valence-electron chi connectivity index (χ2n) is 5.63. The fourth-order valence-corrected chi connectivity index (χ4v) is 2.99. The molecule has 2 aromatic rings. The van der Waals surface area contributed by atoms with Gasteiger partial charge in [0.1, 0.15) is 5.69 Å². The van der Waals surface area contributed by atoms with E-state index in [4.69, 9.17) is 0 Å². The van der Waals surface area contributed by atoms with Crippen molar-refractivity contribution in [3.8, 4) is 0 Å². The third-order valence-electron chi connectivity index (χ3n) is 4.22. The molecule has 0 radical (unpaired) electrons. The van der Waals surface area contributed by atoms with E-state index in [-0.39, 0.29) is 18.1 Å². The molecule has 0 aliphatic heterocycles. The second kappa shape index (κ2) is 5.29. The van der Waals surface area contributed by atoms with Crippen molar-refractivity contribution in [2.75, 3.05) is 0 Å². The van der Waals surface area contributed by atoms with Crippen LogP contribution in [-0.2, 0) is 7.05 Å². The lowest BCUT2D eigenvalue weighted by molar-refractivity contribution is 0.0861. The zero-order valence-corrected chi connectivity index (χ0v) is 11.7. The summed E-state index contributed by atoms with van der Waals surface area (Å²) >= 11 is 0. The van der Waals surface area contributed by atoms with Gasteiger partial charge < -0.3 is 15.0 Å². The summed E-state index contributed by atoms with van der Waals surface area (Å²) < 4.78 is 1.93. The second-order valence-corrected chi connectivity index (χ2v) is 5.63. The third-order valence-corrected chi connectivity index (χ3v) is 4.22. The van der Waals surface area contributed by atoms with Crippen LogP contribution in [0.15, 0.2) is 30.3 Å². The van der Waals surface area contributed by atoms with E-state index in [1.54, 1.807) is 0 Å². The van der Waals surface area contributed by atoms with Gasteiger partial charge in [-0.2, -0.15) is 0 Å². The van der Waals surface area contributed by atoms with Gasteiger partial charge in [0.05, 0.1) is 6.10 Å². The average molecular weight is 272 g/mol.